The minimum atomic E-state index is -1.12. The van der Waals surface area contributed by atoms with E-state index >= 15 is 0 Å². The number of aliphatic carboxylic acids is 1. The Morgan fingerprint density at radius 2 is 1.85 bits per heavy atom. The van der Waals surface area contributed by atoms with Crippen LogP contribution in [0.1, 0.15) is 23.5 Å². The number of rotatable bonds is 8. The largest absolute Gasteiger partial charge is 0.494 e. The minimum absolute atomic E-state index is 0.0848. The van der Waals surface area contributed by atoms with Gasteiger partial charge in [-0.25, -0.2) is 8.78 Å². The van der Waals surface area contributed by atoms with Gasteiger partial charge in [-0.3, -0.25) is 9.59 Å². The van der Waals surface area contributed by atoms with Gasteiger partial charge in [0, 0.05) is 13.0 Å². The van der Waals surface area contributed by atoms with Crippen LogP contribution >= 0.6 is 0 Å². The van der Waals surface area contributed by atoms with Gasteiger partial charge < -0.3 is 15.2 Å². The molecule has 0 aliphatic heterocycles. The van der Waals surface area contributed by atoms with E-state index in [9.17, 15) is 23.5 Å². The highest BCUT2D eigenvalue weighted by Crippen LogP contribution is 2.19. The number of nitrogens with one attached hydrogen (secondary N) is 1. The Labute approximate surface area is 149 Å². The second-order valence-corrected chi connectivity index (χ2v) is 5.72. The number of carbonyl (C=O) groups excluding carboxylic acids is 1. The molecule has 7 heteroatoms. The Hall–Kier alpha value is -2.96. The maximum atomic E-state index is 13.6. The molecular weight excluding hydrogens is 344 g/mol. The fourth-order valence-corrected chi connectivity index (χ4v) is 2.47. The molecule has 0 spiro atoms. The van der Waals surface area contributed by atoms with Crippen LogP contribution in [0.3, 0.4) is 0 Å². The van der Waals surface area contributed by atoms with Crippen molar-refractivity contribution in [2.75, 3.05) is 13.7 Å². The van der Waals surface area contributed by atoms with E-state index < -0.39 is 23.5 Å². The number of carboxylic acid groups (broad SMARTS) is 1. The second-order valence-electron chi connectivity index (χ2n) is 5.72. The summed E-state index contributed by atoms with van der Waals surface area (Å²) in [5.41, 5.74) is 1.03. The molecule has 0 bridgehead atoms. The molecule has 0 radical (unpaired) electrons. The lowest BCUT2D eigenvalue weighted by molar-refractivity contribution is -0.138. The molecule has 5 nitrogen and oxygen atoms in total. The number of ether oxygens (including phenoxy) is 1. The molecule has 0 saturated carbocycles. The Bertz CT molecular complexity index is 778. The van der Waals surface area contributed by atoms with E-state index in [0.29, 0.717) is 17.5 Å². The number of amides is 1. The summed E-state index contributed by atoms with van der Waals surface area (Å²) in [6.45, 7) is -0.114. The van der Waals surface area contributed by atoms with Crippen molar-refractivity contribution in [1.29, 1.82) is 0 Å². The number of benzene rings is 2. The van der Waals surface area contributed by atoms with Crippen molar-refractivity contribution < 1.29 is 28.2 Å². The van der Waals surface area contributed by atoms with Gasteiger partial charge in [-0.05, 0) is 41.8 Å². The Morgan fingerprint density at radius 1 is 1.15 bits per heavy atom. The number of carboxylic acids is 1. The van der Waals surface area contributed by atoms with Crippen LogP contribution in [0.15, 0.2) is 42.5 Å². The highest BCUT2D eigenvalue weighted by molar-refractivity contribution is 5.80. The third-order valence-electron chi connectivity index (χ3n) is 3.93. The molecular formula is C19H19F2NO4. The summed E-state index contributed by atoms with van der Waals surface area (Å²) in [7, 11) is 1.37. The van der Waals surface area contributed by atoms with Crippen molar-refractivity contribution in [3.63, 3.8) is 0 Å². The Morgan fingerprint density at radius 3 is 2.42 bits per heavy atom. The number of methoxy groups -OCH3 is 1. The van der Waals surface area contributed by atoms with Gasteiger partial charge in [-0.2, -0.15) is 0 Å². The average molecular weight is 363 g/mol. The van der Waals surface area contributed by atoms with Crippen LogP contribution in [0.5, 0.6) is 5.75 Å². The van der Waals surface area contributed by atoms with Gasteiger partial charge >= 0.3 is 5.97 Å². The topological polar surface area (TPSA) is 75.6 Å². The molecule has 0 aromatic heterocycles. The molecule has 0 aliphatic rings. The van der Waals surface area contributed by atoms with Crippen LogP contribution in [-0.4, -0.2) is 30.6 Å². The van der Waals surface area contributed by atoms with Crippen LogP contribution < -0.4 is 10.1 Å². The zero-order valence-corrected chi connectivity index (χ0v) is 14.2. The van der Waals surface area contributed by atoms with E-state index in [1.807, 2.05) is 0 Å². The first kappa shape index (κ1) is 19.4. The number of hydrogen-bond donors (Lipinski definition) is 2. The summed E-state index contributed by atoms with van der Waals surface area (Å²) in [4.78, 5) is 23.3. The van der Waals surface area contributed by atoms with Crippen LogP contribution in [-0.2, 0) is 16.0 Å². The van der Waals surface area contributed by atoms with Gasteiger partial charge in [0.1, 0.15) is 5.82 Å². The molecule has 0 saturated heterocycles. The van der Waals surface area contributed by atoms with Crippen molar-refractivity contribution >= 4 is 11.9 Å². The fourth-order valence-electron chi connectivity index (χ4n) is 2.47. The summed E-state index contributed by atoms with van der Waals surface area (Å²) >= 11 is 0. The number of aryl methyl sites for hydroxylation is 1. The molecule has 1 amide bonds. The van der Waals surface area contributed by atoms with E-state index in [1.165, 1.54) is 43.5 Å². The first-order valence-corrected chi connectivity index (χ1v) is 7.98. The molecule has 2 N–H and O–H groups in total. The predicted molar refractivity (Wildman–Crippen MR) is 91.1 cm³/mol. The zero-order valence-electron chi connectivity index (χ0n) is 14.2. The molecule has 1 unspecified atom stereocenters. The van der Waals surface area contributed by atoms with Crippen LogP contribution in [0, 0.1) is 11.6 Å². The van der Waals surface area contributed by atoms with Gasteiger partial charge in [-0.1, -0.05) is 18.2 Å². The number of carbonyl (C=O) groups is 2. The summed E-state index contributed by atoms with van der Waals surface area (Å²) in [5, 5.41) is 11.9. The van der Waals surface area contributed by atoms with Crippen molar-refractivity contribution in [2.24, 2.45) is 0 Å². The zero-order chi connectivity index (χ0) is 19.1. The maximum absolute atomic E-state index is 13.6. The highest BCUT2D eigenvalue weighted by Gasteiger charge is 2.20. The average Bonchev–Trinajstić information content (AvgIpc) is 2.61. The van der Waals surface area contributed by atoms with Gasteiger partial charge in [0.05, 0.1) is 13.0 Å². The van der Waals surface area contributed by atoms with E-state index in [-0.39, 0.29) is 24.6 Å². The van der Waals surface area contributed by atoms with Gasteiger partial charge in [0.2, 0.25) is 5.91 Å². The van der Waals surface area contributed by atoms with Crippen LogP contribution in [0.4, 0.5) is 8.78 Å². The molecule has 1 atom stereocenters. The molecule has 0 aliphatic carbocycles. The lowest BCUT2D eigenvalue weighted by atomic mass is 9.99. The van der Waals surface area contributed by atoms with Crippen LogP contribution in [0.2, 0.25) is 0 Å². The second kappa shape index (κ2) is 8.94. The molecule has 2 rings (SSSR count). The molecule has 26 heavy (non-hydrogen) atoms. The molecule has 0 heterocycles. The summed E-state index contributed by atoms with van der Waals surface area (Å²) in [6.07, 6.45) is 0.391. The Balaban J connectivity index is 1.89. The first-order valence-electron chi connectivity index (χ1n) is 7.98. The van der Waals surface area contributed by atoms with E-state index in [4.69, 9.17) is 4.74 Å². The molecule has 2 aromatic rings. The summed E-state index contributed by atoms with van der Waals surface area (Å²) < 4.78 is 31.4. The lowest BCUT2D eigenvalue weighted by Gasteiger charge is -2.14. The van der Waals surface area contributed by atoms with E-state index in [2.05, 4.69) is 5.32 Å². The highest BCUT2D eigenvalue weighted by atomic mass is 19.1. The molecule has 2 aromatic carbocycles. The maximum Gasteiger partial charge on any atom is 0.312 e. The summed E-state index contributed by atoms with van der Waals surface area (Å²) in [5.74, 6) is -3.29. The minimum Gasteiger partial charge on any atom is -0.494 e. The number of hydrogen-bond acceptors (Lipinski definition) is 3. The standard InChI is InChI=1S/C19H19F2NO4/c1-26-17-8-2-12(10-16(17)21)3-9-18(23)22-11-15(19(24)25)13-4-6-14(20)7-5-13/h2,4-8,10,15H,3,9,11H2,1H3,(H,22,23)(H,24,25). The summed E-state index contributed by atoms with van der Waals surface area (Å²) in [6, 6.07) is 9.54. The van der Waals surface area contributed by atoms with Crippen LogP contribution in [0.25, 0.3) is 0 Å². The third-order valence-corrected chi connectivity index (χ3v) is 3.93. The third kappa shape index (κ3) is 5.27. The van der Waals surface area contributed by atoms with E-state index in [1.54, 1.807) is 6.07 Å². The smallest absolute Gasteiger partial charge is 0.312 e. The SMILES string of the molecule is COc1ccc(CCC(=O)NCC(C(=O)O)c2ccc(F)cc2)cc1F. The first-order chi connectivity index (χ1) is 12.4. The Kier molecular flexibility index (Phi) is 6.66. The monoisotopic (exact) mass is 363 g/mol. The lowest BCUT2D eigenvalue weighted by Crippen LogP contribution is -2.31. The normalized spacial score (nSPS) is 11.7. The van der Waals surface area contributed by atoms with Crippen molar-refractivity contribution in [1.82, 2.24) is 5.32 Å². The molecule has 138 valence electrons. The van der Waals surface area contributed by atoms with Crippen molar-refractivity contribution in [3.05, 3.63) is 65.2 Å². The fraction of sp³-hybridized carbons (Fsp3) is 0.263. The van der Waals surface area contributed by atoms with Gasteiger partial charge in [-0.15, -0.1) is 0 Å². The van der Waals surface area contributed by atoms with Gasteiger partial charge in [0.25, 0.3) is 0 Å². The molecule has 0 fully saturated rings. The quantitative estimate of drug-likeness (QED) is 0.756. The van der Waals surface area contributed by atoms with Gasteiger partial charge in [0.15, 0.2) is 11.6 Å². The van der Waals surface area contributed by atoms with E-state index in [0.717, 1.165) is 0 Å². The number of halogens is 2. The predicted octanol–water partition coefficient (Wildman–Crippen LogP) is 2.89. The van der Waals surface area contributed by atoms with Crippen molar-refractivity contribution in [3.8, 4) is 5.75 Å². The van der Waals surface area contributed by atoms with Crippen molar-refractivity contribution in [2.45, 2.75) is 18.8 Å².